The highest BCUT2D eigenvalue weighted by atomic mass is 35.5. The molecule has 0 fully saturated rings. The third kappa shape index (κ3) is 6.06. The lowest BCUT2D eigenvalue weighted by Crippen LogP contribution is -2.32. The number of amides is 1. The number of aryl methyl sites for hydroxylation is 2. The second-order valence-corrected chi connectivity index (χ2v) is 5.17. The zero-order valence-corrected chi connectivity index (χ0v) is 12.0. The topological polar surface area (TPSA) is 29.1 Å². The minimum atomic E-state index is 0.124. The number of benzene rings is 1. The average molecular weight is 268 g/mol. The first-order valence-corrected chi connectivity index (χ1v) is 7.06. The van der Waals surface area contributed by atoms with Gasteiger partial charge >= 0.3 is 0 Å². The SMILES string of the molecule is Cc1cccc(CCC(=O)NC(C)CCCCl)c1. The molecule has 0 aromatic heterocycles. The molecule has 3 heteroatoms. The predicted octanol–water partition coefficient (Wildman–Crippen LogP) is 3.45. The highest BCUT2D eigenvalue weighted by Gasteiger charge is 2.07. The molecule has 1 atom stereocenters. The molecule has 0 saturated carbocycles. The van der Waals surface area contributed by atoms with Gasteiger partial charge in [0.15, 0.2) is 0 Å². The van der Waals surface area contributed by atoms with E-state index in [-0.39, 0.29) is 11.9 Å². The minimum Gasteiger partial charge on any atom is -0.354 e. The molecule has 1 aromatic rings. The molecule has 1 aromatic carbocycles. The summed E-state index contributed by atoms with van der Waals surface area (Å²) in [7, 11) is 0. The van der Waals surface area contributed by atoms with Crippen LogP contribution in [0.2, 0.25) is 0 Å². The number of hydrogen-bond acceptors (Lipinski definition) is 1. The Balaban J connectivity index is 2.28. The smallest absolute Gasteiger partial charge is 0.220 e. The predicted molar refractivity (Wildman–Crippen MR) is 77.1 cm³/mol. The molecule has 1 N–H and O–H groups in total. The molecule has 1 rings (SSSR count). The van der Waals surface area contributed by atoms with Crippen molar-refractivity contribution in [3.05, 3.63) is 35.4 Å². The van der Waals surface area contributed by atoms with Gasteiger partial charge in [0.05, 0.1) is 0 Å². The van der Waals surface area contributed by atoms with Crippen LogP contribution in [-0.4, -0.2) is 17.8 Å². The second-order valence-electron chi connectivity index (χ2n) is 4.79. The summed E-state index contributed by atoms with van der Waals surface area (Å²) in [5.74, 6) is 0.780. The van der Waals surface area contributed by atoms with Crippen LogP contribution in [0.25, 0.3) is 0 Å². The van der Waals surface area contributed by atoms with Crippen LogP contribution in [0.1, 0.15) is 37.3 Å². The van der Waals surface area contributed by atoms with Crippen molar-refractivity contribution in [1.82, 2.24) is 5.32 Å². The minimum absolute atomic E-state index is 0.124. The van der Waals surface area contributed by atoms with E-state index in [2.05, 4.69) is 30.4 Å². The molecular weight excluding hydrogens is 246 g/mol. The van der Waals surface area contributed by atoms with Gasteiger partial charge in [-0.1, -0.05) is 29.8 Å². The van der Waals surface area contributed by atoms with E-state index in [9.17, 15) is 4.79 Å². The van der Waals surface area contributed by atoms with Crippen LogP contribution in [0.15, 0.2) is 24.3 Å². The lowest BCUT2D eigenvalue weighted by molar-refractivity contribution is -0.121. The molecule has 0 aliphatic heterocycles. The fraction of sp³-hybridized carbons (Fsp3) is 0.533. The molecule has 1 amide bonds. The number of nitrogens with one attached hydrogen (secondary N) is 1. The van der Waals surface area contributed by atoms with Crippen molar-refractivity contribution >= 4 is 17.5 Å². The molecule has 18 heavy (non-hydrogen) atoms. The van der Waals surface area contributed by atoms with Crippen molar-refractivity contribution in [3.8, 4) is 0 Å². The summed E-state index contributed by atoms with van der Waals surface area (Å²) in [5, 5.41) is 3.00. The van der Waals surface area contributed by atoms with E-state index in [1.807, 2.05) is 13.0 Å². The monoisotopic (exact) mass is 267 g/mol. The van der Waals surface area contributed by atoms with Crippen LogP contribution in [0.5, 0.6) is 0 Å². The number of rotatable bonds is 7. The third-order valence-electron chi connectivity index (χ3n) is 2.90. The quantitative estimate of drug-likeness (QED) is 0.754. The standard InChI is InChI=1S/C15H22ClNO/c1-12-5-3-7-14(11-12)8-9-15(18)17-13(2)6-4-10-16/h3,5,7,11,13H,4,6,8-10H2,1-2H3,(H,17,18). The van der Waals surface area contributed by atoms with Crippen LogP contribution < -0.4 is 5.32 Å². The van der Waals surface area contributed by atoms with E-state index >= 15 is 0 Å². The normalized spacial score (nSPS) is 12.2. The van der Waals surface area contributed by atoms with Gasteiger partial charge in [-0.15, -0.1) is 11.6 Å². The van der Waals surface area contributed by atoms with Gasteiger partial charge in [0.2, 0.25) is 5.91 Å². The molecular formula is C15H22ClNO. The van der Waals surface area contributed by atoms with Gasteiger partial charge in [0.1, 0.15) is 0 Å². The molecule has 2 nitrogen and oxygen atoms in total. The zero-order valence-electron chi connectivity index (χ0n) is 11.2. The summed E-state index contributed by atoms with van der Waals surface area (Å²) in [4.78, 5) is 11.7. The Morgan fingerprint density at radius 3 is 2.89 bits per heavy atom. The van der Waals surface area contributed by atoms with E-state index < -0.39 is 0 Å². The third-order valence-corrected chi connectivity index (χ3v) is 3.17. The van der Waals surface area contributed by atoms with Crippen LogP contribution in [0.4, 0.5) is 0 Å². The van der Waals surface area contributed by atoms with E-state index in [4.69, 9.17) is 11.6 Å². The summed E-state index contributed by atoms with van der Waals surface area (Å²) >= 11 is 5.63. The van der Waals surface area contributed by atoms with Gasteiger partial charge in [-0.3, -0.25) is 4.79 Å². The summed E-state index contributed by atoms with van der Waals surface area (Å²) in [5.41, 5.74) is 2.46. The Bertz CT molecular complexity index is 379. The maximum Gasteiger partial charge on any atom is 0.220 e. The van der Waals surface area contributed by atoms with Gasteiger partial charge in [-0.25, -0.2) is 0 Å². The number of carbonyl (C=O) groups is 1. The Morgan fingerprint density at radius 2 is 2.22 bits per heavy atom. The van der Waals surface area contributed by atoms with E-state index in [0.29, 0.717) is 12.3 Å². The molecule has 0 bridgehead atoms. The Morgan fingerprint density at radius 1 is 1.44 bits per heavy atom. The average Bonchev–Trinajstić information content (AvgIpc) is 2.34. The lowest BCUT2D eigenvalue weighted by atomic mass is 10.1. The number of carbonyl (C=O) groups excluding carboxylic acids is 1. The summed E-state index contributed by atoms with van der Waals surface area (Å²) in [6.45, 7) is 4.09. The van der Waals surface area contributed by atoms with Crippen LogP contribution in [0.3, 0.4) is 0 Å². The van der Waals surface area contributed by atoms with E-state index in [1.165, 1.54) is 11.1 Å². The number of halogens is 1. The fourth-order valence-electron chi connectivity index (χ4n) is 1.93. The first kappa shape index (κ1) is 15.0. The maximum atomic E-state index is 11.7. The largest absolute Gasteiger partial charge is 0.354 e. The second kappa shape index (κ2) is 8.15. The molecule has 0 spiro atoms. The zero-order chi connectivity index (χ0) is 13.4. The van der Waals surface area contributed by atoms with Crippen molar-refractivity contribution in [2.45, 2.75) is 45.6 Å². The number of hydrogen-bond donors (Lipinski definition) is 1. The molecule has 0 aliphatic rings. The Kier molecular flexibility index (Phi) is 6.81. The Labute approximate surface area is 115 Å². The maximum absolute atomic E-state index is 11.7. The molecule has 0 aliphatic carbocycles. The number of alkyl halides is 1. The van der Waals surface area contributed by atoms with Crippen molar-refractivity contribution in [3.63, 3.8) is 0 Å². The summed E-state index contributed by atoms with van der Waals surface area (Å²) in [6.07, 6.45) is 3.24. The van der Waals surface area contributed by atoms with Crippen LogP contribution in [-0.2, 0) is 11.2 Å². The van der Waals surface area contributed by atoms with Crippen molar-refractivity contribution in [1.29, 1.82) is 0 Å². The molecule has 1 unspecified atom stereocenters. The summed E-state index contributed by atoms with van der Waals surface area (Å²) in [6, 6.07) is 8.51. The van der Waals surface area contributed by atoms with Crippen molar-refractivity contribution < 1.29 is 4.79 Å². The van der Waals surface area contributed by atoms with Gasteiger partial charge in [-0.05, 0) is 38.7 Å². The summed E-state index contributed by atoms with van der Waals surface area (Å²) < 4.78 is 0. The van der Waals surface area contributed by atoms with Crippen LogP contribution >= 0.6 is 11.6 Å². The van der Waals surface area contributed by atoms with Crippen molar-refractivity contribution in [2.24, 2.45) is 0 Å². The Hall–Kier alpha value is -1.02. The first-order valence-electron chi connectivity index (χ1n) is 6.52. The molecule has 0 radical (unpaired) electrons. The van der Waals surface area contributed by atoms with Gasteiger partial charge in [0.25, 0.3) is 0 Å². The lowest BCUT2D eigenvalue weighted by Gasteiger charge is -2.13. The molecule has 0 heterocycles. The van der Waals surface area contributed by atoms with Gasteiger partial charge in [0, 0.05) is 18.3 Å². The van der Waals surface area contributed by atoms with E-state index in [1.54, 1.807) is 0 Å². The van der Waals surface area contributed by atoms with Gasteiger partial charge in [-0.2, -0.15) is 0 Å². The van der Waals surface area contributed by atoms with Crippen molar-refractivity contribution in [2.75, 3.05) is 5.88 Å². The highest BCUT2D eigenvalue weighted by molar-refractivity contribution is 6.17. The first-order chi connectivity index (χ1) is 8.61. The molecule has 0 saturated heterocycles. The van der Waals surface area contributed by atoms with Gasteiger partial charge < -0.3 is 5.32 Å². The molecule has 100 valence electrons. The van der Waals surface area contributed by atoms with E-state index in [0.717, 1.165) is 19.3 Å². The fourth-order valence-corrected chi connectivity index (χ4v) is 2.08. The van der Waals surface area contributed by atoms with Crippen LogP contribution in [0, 0.1) is 6.92 Å². The highest BCUT2D eigenvalue weighted by Crippen LogP contribution is 2.07.